The van der Waals surface area contributed by atoms with E-state index in [4.69, 9.17) is 5.11 Å². The highest BCUT2D eigenvalue weighted by Crippen LogP contribution is 2.33. The van der Waals surface area contributed by atoms with Crippen molar-refractivity contribution in [2.45, 2.75) is 30.9 Å². The lowest BCUT2D eigenvalue weighted by Crippen LogP contribution is -2.43. The molecule has 0 spiro atoms. The van der Waals surface area contributed by atoms with E-state index in [2.05, 4.69) is 0 Å². The number of rotatable bonds is 3. The summed E-state index contributed by atoms with van der Waals surface area (Å²) >= 11 is 0.813. The van der Waals surface area contributed by atoms with E-state index in [1.54, 1.807) is 0 Å². The van der Waals surface area contributed by atoms with Gasteiger partial charge in [0.15, 0.2) is 0 Å². The summed E-state index contributed by atoms with van der Waals surface area (Å²) in [5.41, 5.74) is -0.0296. The highest BCUT2D eigenvalue weighted by molar-refractivity contribution is 7.91. The fraction of sp³-hybridized carbons (Fsp3) is 0.583. The van der Waals surface area contributed by atoms with Crippen LogP contribution in [0.3, 0.4) is 0 Å². The summed E-state index contributed by atoms with van der Waals surface area (Å²) < 4.78 is 26.5. The Morgan fingerprint density at radius 3 is 2.63 bits per heavy atom. The molecule has 2 rings (SSSR count). The summed E-state index contributed by atoms with van der Waals surface area (Å²) in [5, 5.41) is 8.86. The Bertz CT molecular complexity index is 589. The number of carboxylic acids is 1. The molecule has 0 saturated carbocycles. The molecule has 1 aliphatic heterocycles. The third-order valence-electron chi connectivity index (χ3n) is 3.25. The molecule has 7 heteroatoms. The van der Waals surface area contributed by atoms with Crippen molar-refractivity contribution in [3.8, 4) is 0 Å². The van der Waals surface area contributed by atoms with Gasteiger partial charge in [-0.3, -0.25) is 0 Å². The van der Waals surface area contributed by atoms with E-state index in [1.807, 2.05) is 13.8 Å². The summed E-state index contributed by atoms with van der Waals surface area (Å²) in [5.74, 6) is -1.09. The number of carbonyl (C=O) groups is 1. The second-order valence-electron chi connectivity index (χ2n) is 5.53. The number of carboxylic acid groups (broad SMARTS) is 1. The zero-order chi connectivity index (χ0) is 14.3. The van der Waals surface area contributed by atoms with Gasteiger partial charge in [0.2, 0.25) is 0 Å². The maximum Gasteiger partial charge on any atom is 0.345 e. The van der Waals surface area contributed by atoms with Gasteiger partial charge < -0.3 is 5.11 Å². The number of nitrogens with zero attached hydrogens (tertiary/aromatic N) is 1. The number of hydrogen-bond acceptors (Lipinski definition) is 4. The van der Waals surface area contributed by atoms with Crippen molar-refractivity contribution in [2.75, 3.05) is 13.1 Å². The van der Waals surface area contributed by atoms with Crippen molar-refractivity contribution in [3.63, 3.8) is 0 Å². The first kappa shape index (κ1) is 14.5. The first-order chi connectivity index (χ1) is 8.72. The molecule has 0 aliphatic carbocycles. The zero-order valence-electron chi connectivity index (χ0n) is 10.9. The average Bonchev–Trinajstić information content (AvgIpc) is 2.77. The lowest BCUT2D eigenvalue weighted by molar-refractivity contribution is 0.0702. The number of hydrogen-bond donors (Lipinski definition) is 1. The van der Waals surface area contributed by atoms with Crippen LogP contribution >= 0.6 is 11.3 Å². The van der Waals surface area contributed by atoms with Crippen LogP contribution in [0, 0.1) is 5.41 Å². The van der Waals surface area contributed by atoms with Crippen LogP contribution in [0.5, 0.6) is 0 Å². The highest BCUT2D eigenvalue weighted by atomic mass is 32.2. The number of aromatic carboxylic acids is 1. The third kappa shape index (κ3) is 2.98. The molecule has 1 aromatic rings. The van der Waals surface area contributed by atoms with Crippen LogP contribution in [0.15, 0.2) is 16.3 Å². The second-order valence-corrected chi connectivity index (χ2v) is 8.78. The first-order valence-electron chi connectivity index (χ1n) is 6.06. The number of thiophene rings is 1. The highest BCUT2D eigenvalue weighted by Gasteiger charge is 2.35. The molecule has 0 unspecified atom stereocenters. The van der Waals surface area contributed by atoms with Crippen LogP contribution in [0.2, 0.25) is 0 Å². The Kier molecular flexibility index (Phi) is 3.72. The largest absolute Gasteiger partial charge is 0.477 e. The summed E-state index contributed by atoms with van der Waals surface area (Å²) in [4.78, 5) is 10.9. The summed E-state index contributed by atoms with van der Waals surface area (Å²) in [7, 11) is -3.56. The van der Waals surface area contributed by atoms with E-state index >= 15 is 0 Å². The van der Waals surface area contributed by atoms with E-state index in [9.17, 15) is 13.2 Å². The standard InChI is InChI=1S/C12H17NO4S2/c1-12(2)6-3-7-13(8-12)19(16,17)10-5-4-9(18-10)11(14)15/h4-5H,3,6-8H2,1-2H3,(H,14,15). The molecule has 106 valence electrons. The van der Waals surface area contributed by atoms with E-state index in [0.717, 1.165) is 24.2 Å². The normalized spacial score (nSPS) is 20.3. The van der Waals surface area contributed by atoms with E-state index < -0.39 is 16.0 Å². The van der Waals surface area contributed by atoms with Crippen LogP contribution in [0.25, 0.3) is 0 Å². The SMILES string of the molecule is CC1(C)CCCN(S(=O)(=O)c2ccc(C(=O)O)s2)C1. The Morgan fingerprint density at radius 1 is 1.42 bits per heavy atom. The Morgan fingerprint density at radius 2 is 2.11 bits per heavy atom. The summed E-state index contributed by atoms with van der Waals surface area (Å²) in [6, 6.07) is 2.72. The Hall–Kier alpha value is -0.920. The molecule has 0 radical (unpaired) electrons. The predicted octanol–water partition coefficient (Wildman–Crippen LogP) is 2.26. The minimum atomic E-state index is -3.56. The lowest BCUT2D eigenvalue weighted by Gasteiger charge is -2.36. The van der Waals surface area contributed by atoms with Gasteiger partial charge in [-0.2, -0.15) is 4.31 Å². The molecule has 2 heterocycles. The second kappa shape index (κ2) is 4.88. The molecule has 5 nitrogen and oxygen atoms in total. The molecule has 1 N–H and O–H groups in total. The number of sulfonamides is 1. The number of piperidine rings is 1. The van der Waals surface area contributed by atoms with Crippen LogP contribution in [-0.2, 0) is 10.0 Å². The van der Waals surface area contributed by atoms with Crippen LogP contribution in [0.4, 0.5) is 0 Å². The van der Waals surface area contributed by atoms with Crippen LogP contribution in [0.1, 0.15) is 36.4 Å². The van der Waals surface area contributed by atoms with Crippen molar-refractivity contribution in [1.29, 1.82) is 0 Å². The van der Waals surface area contributed by atoms with Gasteiger partial charge in [0, 0.05) is 13.1 Å². The molecule has 0 atom stereocenters. The molecule has 0 amide bonds. The molecular weight excluding hydrogens is 286 g/mol. The summed E-state index contributed by atoms with van der Waals surface area (Å²) in [6.45, 7) is 5.08. The Balaban J connectivity index is 2.28. The molecular formula is C12H17NO4S2. The Labute approximate surface area is 116 Å². The molecule has 1 aromatic heterocycles. The van der Waals surface area contributed by atoms with E-state index in [-0.39, 0.29) is 14.5 Å². The van der Waals surface area contributed by atoms with E-state index in [1.165, 1.54) is 16.4 Å². The van der Waals surface area contributed by atoms with Gasteiger partial charge in [-0.1, -0.05) is 13.8 Å². The third-order valence-corrected chi connectivity index (χ3v) is 6.64. The van der Waals surface area contributed by atoms with Crippen molar-refractivity contribution in [1.82, 2.24) is 4.31 Å². The average molecular weight is 303 g/mol. The van der Waals surface area contributed by atoms with Crippen molar-refractivity contribution in [3.05, 3.63) is 17.0 Å². The van der Waals surface area contributed by atoms with Crippen molar-refractivity contribution < 1.29 is 18.3 Å². The van der Waals surface area contributed by atoms with Gasteiger partial charge in [0.1, 0.15) is 9.09 Å². The molecule has 1 fully saturated rings. The van der Waals surface area contributed by atoms with Crippen LogP contribution in [-0.4, -0.2) is 36.9 Å². The zero-order valence-corrected chi connectivity index (χ0v) is 12.6. The maximum atomic E-state index is 12.5. The molecule has 0 bridgehead atoms. The fourth-order valence-corrected chi connectivity index (χ4v) is 5.24. The fourth-order valence-electron chi connectivity index (χ4n) is 2.28. The minimum absolute atomic E-state index is 0.0296. The van der Waals surface area contributed by atoms with Gasteiger partial charge in [-0.25, -0.2) is 13.2 Å². The van der Waals surface area contributed by atoms with Crippen LogP contribution < -0.4 is 0 Å². The van der Waals surface area contributed by atoms with E-state index in [0.29, 0.717) is 13.1 Å². The van der Waals surface area contributed by atoms with Gasteiger partial charge in [-0.05, 0) is 30.4 Å². The van der Waals surface area contributed by atoms with Crippen molar-refractivity contribution >= 4 is 27.3 Å². The monoisotopic (exact) mass is 303 g/mol. The minimum Gasteiger partial charge on any atom is -0.477 e. The topological polar surface area (TPSA) is 74.7 Å². The van der Waals surface area contributed by atoms with Gasteiger partial charge in [-0.15, -0.1) is 11.3 Å². The van der Waals surface area contributed by atoms with Gasteiger partial charge >= 0.3 is 5.97 Å². The van der Waals surface area contributed by atoms with Crippen molar-refractivity contribution in [2.24, 2.45) is 5.41 Å². The van der Waals surface area contributed by atoms with Gasteiger partial charge in [0.05, 0.1) is 0 Å². The molecule has 1 saturated heterocycles. The smallest absolute Gasteiger partial charge is 0.345 e. The van der Waals surface area contributed by atoms with Gasteiger partial charge in [0.25, 0.3) is 10.0 Å². The lowest BCUT2D eigenvalue weighted by atomic mass is 9.85. The first-order valence-corrected chi connectivity index (χ1v) is 8.31. The molecule has 0 aromatic carbocycles. The maximum absolute atomic E-state index is 12.5. The molecule has 1 aliphatic rings. The molecule has 19 heavy (non-hydrogen) atoms. The predicted molar refractivity (Wildman–Crippen MR) is 73.1 cm³/mol. The summed E-state index contributed by atoms with van der Waals surface area (Å²) in [6.07, 6.45) is 1.84. The quantitative estimate of drug-likeness (QED) is 0.929.